The smallest absolute Gasteiger partial charge is 0.224 e. The molecule has 0 radical (unpaired) electrons. The fraction of sp³-hybridized carbons (Fsp3) is 0.909. The average molecular weight is 198 g/mol. The van der Waals surface area contributed by atoms with Crippen LogP contribution in [-0.2, 0) is 4.79 Å². The Hall–Kier alpha value is -0.570. The Morgan fingerprint density at radius 3 is 2.50 bits per heavy atom. The number of carbonyl (C=O) groups is 1. The molecule has 1 N–H and O–H groups in total. The summed E-state index contributed by atoms with van der Waals surface area (Å²) in [6, 6.07) is 0.956. The van der Waals surface area contributed by atoms with E-state index in [2.05, 4.69) is 19.2 Å². The van der Waals surface area contributed by atoms with Gasteiger partial charge in [0.25, 0.3) is 0 Å². The predicted octanol–water partition coefficient (Wildman–Crippen LogP) is 1.39. The molecular formula is C11H22N2O. The lowest BCUT2D eigenvalue weighted by molar-refractivity contribution is -0.127. The van der Waals surface area contributed by atoms with Crippen molar-refractivity contribution >= 4 is 5.91 Å². The van der Waals surface area contributed by atoms with E-state index in [4.69, 9.17) is 0 Å². The zero-order chi connectivity index (χ0) is 10.6. The summed E-state index contributed by atoms with van der Waals surface area (Å²) in [6.07, 6.45) is 2.98. The van der Waals surface area contributed by atoms with E-state index in [1.165, 1.54) is 0 Å². The first kappa shape index (κ1) is 11.5. The van der Waals surface area contributed by atoms with E-state index < -0.39 is 0 Å². The van der Waals surface area contributed by atoms with E-state index in [1.807, 2.05) is 11.8 Å². The Kier molecular flexibility index (Phi) is 4.39. The Morgan fingerprint density at radius 1 is 1.43 bits per heavy atom. The molecular weight excluding hydrogens is 176 g/mol. The van der Waals surface area contributed by atoms with E-state index in [0.29, 0.717) is 24.4 Å². The lowest BCUT2D eigenvalue weighted by Crippen LogP contribution is -2.39. The maximum absolute atomic E-state index is 11.5. The van der Waals surface area contributed by atoms with Crippen LogP contribution in [0.25, 0.3) is 0 Å². The van der Waals surface area contributed by atoms with Crippen LogP contribution in [0, 0.1) is 0 Å². The maximum Gasteiger partial charge on any atom is 0.224 e. The minimum absolute atomic E-state index is 0.302. The molecule has 1 unspecified atom stereocenters. The SMILES string of the molecule is CCC(CC)NC1CC(=O)N(CC)C1. The highest BCUT2D eigenvalue weighted by atomic mass is 16.2. The van der Waals surface area contributed by atoms with Crippen LogP contribution in [0.3, 0.4) is 0 Å². The lowest BCUT2D eigenvalue weighted by Gasteiger charge is -2.20. The summed E-state index contributed by atoms with van der Waals surface area (Å²) in [4.78, 5) is 13.4. The minimum Gasteiger partial charge on any atom is -0.341 e. The lowest BCUT2D eigenvalue weighted by atomic mass is 10.1. The summed E-state index contributed by atoms with van der Waals surface area (Å²) >= 11 is 0. The summed E-state index contributed by atoms with van der Waals surface area (Å²) in [5.74, 6) is 0.302. The van der Waals surface area contributed by atoms with Crippen molar-refractivity contribution in [1.29, 1.82) is 0 Å². The van der Waals surface area contributed by atoms with Gasteiger partial charge >= 0.3 is 0 Å². The number of likely N-dealkylation sites (tertiary alicyclic amines) is 1. The molecule has 3 nitrogen and oxygen atoms in total. The summed E-state index contributed by atoms with van der Waals surface area (Å²) in [5, 5.41) is 3.55. The fourth-order valence-corrected chi connectivity index (χ4v) is 2.05. The van der Waals surface area contributed by atoms with Crippen molar-refractivity contribution in [1.82, 2.24) is 10.2 Å². The van der Waals surface area contributed by atoms with E-state index in [0.717, 1.165) is 25.9 Å². The Morgan fingerprint density at radius 2 is 2.07 bits per heavy atom. The predicted molar refractivity (Wildman–Crippen MR) is 58.2 cm³/mol. The minimum atomic E-state index is 0.302. The Bertz CT molecular complexity index is 190. The normalized spacial score (nSPS) is 22.4. The number of rotatable bonds is 5. The van der Waals surface area contributed by atoms with Crippen molar-refractivity contribution in [3.63, 3.8) is 0 Å². The van der Waals surface area contributed by atoms with Gasteiger partial charge in [0.15, 0.2) is 0 Å². The third-order valence-electron chi connectivity index (χ3n) is 3.05. The zero-order valence-corrected chi connectivity index (χ0v) is 9.55. The van der Waals surface area contributed by atoms with Crippen LogP contribution < -0.4 is 5.32 Å². The molecule has 1 heterocycles. The maximum atomic E-state index is 11.5. The molecule has 0 aromatic rings. The third-order valence-corrected chi connectivity index (χ3v) is 3.05. The number of nitrogens with zero attached hydrogens (tertiary/aromatic N) is 1. The van der Waals surface area contributed by atoms with E-state index in [9.17, 15) is 4.79 Å². The second-order valence-corrected chi connectivity index (χ2v) is 4.01. The standard InChI is InChI=1S/C11H22N2O/c1-4-9(5-2)12-10-7-11(14)13(6-3)8-10/h9-10,12H,4-8H2,1-3H3. The van der Waals surface area contributed by atoms with Crippen molar-refractivity contribution in [2.75, 3.05) is 13.1 Å². The fourth-order valence-electron chi connectivity index (χ4n) is 2.05. The molecule has 1 fully saturated rings. The molecule has 1 atom stereocenters. The van der Waals surface area contributed by atoms with Crippen LogP contribution in [0.1, 0.15) is 40.0 Å². The van der Waals surface area contributed by atoms with Gasteiger partial charge in [0.05, 0.1) is 0 Å². The van der Waals surface area contributed by atoms with Crippen LogP contribution in [0.4, 0.5) is 0 Å². The van der Waals surface area contributed by atoms with Gasteiger partial charge in [0.2, 0.25) is 5.91 Å². The van der Waals surface area contributed by atoms with Gasteiger partial charge in [0.1, 0.15) is 0 Å². The van der Waals surface area contributed by atoms with Gasteiger partial charge in [-0.2, -0.15) is 0 Å². The van der Waals surface area contributed by atoms with Gasteiger partial charge in [-0.3, -0.25) is 4.79 Å². The van der Waals surface area contributed by atoms with E-state index in [-0.39, 0.29) is 0 Å². The van der Waals surface area contributed by atoms with Crippen molar-refractivity contribution < 1.29 is 4.79 Å². The first-order chi connectivity index (χ1) is 6.71. The third kappa shape index (κ3) is 2.71. The molecule has 0 saturated carbocycles. The van der Waals surface area contributed by atoms with Crippen molar-refractivity contribution in [3.8, 4) is 0 Å². The number of likely N-dealkylation sites (N-methyl/N-ethyl adjacent to an activating group) is 1. The van der Waals surface area contributed by atoms with Crippen LogP contribution in [-0.4, -0.2) is 36.0 Å². The molecule has 1 amide bonds. The molecule has 1 aliphatic rings. The quantitative estimate of drug-likeness (QED) is 0.724. The highest BCUT2D eigenvalue weighted by Crippen LogP contribution is 2.12. The second-order valence-electron chi connectivity index (χ2n) is 4.01. The summed E-state index contributed by atoms with van der Waals surface area (Å²) < 4.78 is 0. The topological polar surface area (TPSA) is 32.3 Å². The van der Waals surface area contributed by atoms with Crippen LogP contribution in [0.2, 0.25) is 0 Å². The number of hydrogen-bond acceptors (Lipinski definition) is 2. The molecule has 82 valence electrons. The van der Waals surface area contributed by atoms with Gasteiger partial charge in [-0.1, -0.05) is 13.8 Å². The number of nitrogens with one attached hydrogen (secondary N) is 1. The Labute approximate surface area is 86.9 Å². The summed E-state index contributed by atoms with van der Waals surface area (Å²) in [7, 11) is 0. The highest BCUT2D eigenvalue weighted by molar-refractivity contribution is 5.79. The van der Waals surface area contributed by atoms with Gasteiger partial charge in [-0.25, -0.2) is 0 Å². The van der Waals surface area contributed by atoms with E-state index in [1.54, 1.807) is 0 Å². The van der Waals surface area contributed by atoms with Crippen molar-refractivity contribution in [2.45, 2.75) is 52.1 Å². The number of amides is 1. The first-order valence-electron chi connectivity index (χ1n) is 5.75. The molecule has 1 saturated heterocycles. The van der Waals surface area contributed by atoms with Crippen LogP contribution >= 0.6 is 0 Å². The molecule has 14 heavy (non-hydrogen) atoms. The molecule has 0 aromatic carbocycles. The molecule has 0 aliphatic carbocycles. The first-order valence-corrected chi connectivity index (χ1v) is 5.75. The van der Waals surface area contributed by atoms with Crippen molar-refractivity contribution in [3.05, 3.63) is 0 Å². The van der Waals surface area contributed by atoms with Gasteiger partial charge in [-0.15, -0.1) is 0 Å². The molecule has 0 aromatic heterocycles. The zero-order valence-electron chi connectivity index (χ0n) is 9.55. The van der Waals surface area contributed by atoms with Gasteiger partial charge in [0, 0.05) is 31.6 Å². The number of hydrogen-bond donors (Lipinski definition) is 1. The Balaban J connectivity index is 2.37. The van der Waals surface area contributed by atoms with Gasteiger partial charge in [-0.05, 0) is 19.8 Å². The summed E-state index contributed by atoms with van der Waals surface area (Å²) in [6.45, 7) is 8.16. The van der Waals surface area contributed by atoms with Crippen LogP contribution in [0.5, 0.6) is 0 Å². The largest absolute Gasteiger partial charge is 0.341 e. The molecule has 0 spiro atoms. The molecule has 1 rings (SSSR count). The molecule has 3 heteroatoms. The molecule has 0 bridgehead atoms. The number of carbonyl (C=O) groups excluding carboxylic acids is 1. The second kappa shape index (κ2) is 5.35. The molecule has 1 aliphatic heterocycles. The monoisotopic (exact) mass is 198 g/mol. The van der Waals surface area contributed by atoms with Crippen LogP contribution in [0.15, 0.2) is 0 Å². The van der Waals surface area contributed by atoms with E-state index >= 15 is 0 Å². The highest BCUT2D eigenvalue weighted by Gasteiger charge is 2.28. The summed E-state index contributed by atoms with van der Waals surface area (Å²) in [5.41, 5.74) is 0. The van der Waals surface area contributed by atoms with Crippen molar-refractivity contribution in [2.24, 2.45) is 0 Å². The average Bonchev–Trinajstić information content (AvgIpc) is 2.55. The van der Waals surface area contributed by atoms with Gasteiger partial charge < -0.3 is 10.2 Å².